The molecule has 0 spiro atoms. The number of methoxy groups -OCH3 is 1. The Balaban J connectivity index is 1.12. The number of thiol groups is 1. The molecule has 2 aromatic heterocycles. The molecular weight excluding hydrogens is 580 g/mol. The van der Waals surface area contributed by atoms with Crippen molar-refractivity contribution in [2.75, 3.05) is 13.7 Å². The van der Waals surface area contributed by atoms with Crippen molar-refractivity contribution in [2.24, 2.45) is 11.8 Å². The second-order valence-electron chi connectivity index (χ2n) is 11.0. The van der Waals surface area contributed by atoms with Crippen LogP contribution in [0.3, 0.4) is 0 Å². The molecule has 226 valence electrons. The van der Waals surface area contributed by atoms with Crippen molar-refractivity contribution in [3.05, 3.63) is 96.0 Å². The molecule has 3 unspecified atom stereocenters. The molecule has 4 heterocycles. The quantitative estimate of drug-likeness (QED) is 0.155. The van der Waals surface area contributed by atoms with Gasteiger partial charge in [0.2, 0.25) is 0 Å². The Morgan fingerprint density at radius 2 is 1.93 bits per heavy atom. The Bertz CT molecular complexity index is 1710. The summed E-state index contributed by atoms with van der Waals surface area (Å²) >= 11 is 4.19. The molecule has 0 saturated carbocycles. The van der Waals surface area contributed by atoms with Gasteiger partial charge in [-0.1, -0.05) is 36.1 Å². The van der Waals surface area contributed by atoms with Crippen LogP contribution in [0, 0.1) is 11.8 Å². The fourth-order valence-corrected chi connectivity index (χ4v) is 6.46. The lowest BCUT2D eigenvalue weighted by molar-refractivity contribution is -0.102. The van der Waals surface area contributed by atoms with Crippen molar-refractivity contribution in [1.29, 1.82) is 0 Å². The first kappa shape index (κ1) is 29.5. The molecule has 0 radical (unpaired) electrons. The second-order valence-corrected chi connectivity index (χ2v) is 11.4. The first-order chi connectivity index (χ1) is 21.4. The number of ether oxygens (including phenoxy) is 1. The largest absolute Gasteiger partial charge is 0.497 e. The second kappa shape index (κ2) is 12.6. The van der Waals surface area contributed by atoms with Gasteiger partial charge in [-0.2, -0.15) is 0 Å². The van der Waals surface area contributed by atoms with E-state index in [1.165, 1.54) is 0 Å². The van der Waals surface area contributed by atoms with E-state index in [1.54, 1.807) is 48.5 Å². The van der Waals surface area contributed by atoms with Crippen LogP contribution in [-0.4, -0.2) is 66.7 Å². The molecular formula is C32H32N6O5S. The summed E-state index contributed by atoms with van der Waals surface area (Å²) in [7, 11) is 1.64. The summed E-state index contributed by atoms with van der Waals surface area (Å²) in [6, 6.07) is 14.4. The van der Waals surface area contributed by atoms with Gasteiger partial charge < -0.3 is 9.64 Å². The van der Waals surface area contributed by atoms with Crippen molar-refractivity contribution >= 4 is 40.6 Å². The van der Waals surface area contributed by atoms with Crippen LogP contribution >= 0.6 is 12.6 Å². The van der Waals surface area contributed by atoms with Crippen LogP contribution in [0.15, 0.2) is 73.6 Å². The van der Waals surface area contributed by atoms with Gasteiger partial charge >= 0.3 is 0 Å². The SMILES string of the molecule is C=CC(Cn1cc(CON2C(=O)c3ccccc3C2=O)nn1)C1CCN(C(=O)S)C(Cc2ccnc3ccc(OC)cc23)C1. The zero-order valence-corrected chi connectivity index (χ0v) is 25.1. The van der Waals surface area contributed by atoms with Crippen molar-refractivity contribution in [3.63, 3.8) is 0 Å². The summed E-state index contributed by atoms with van der Waals surface area (Å²) in [5, 5.41) is 9.97. The van der Waals surface area contributed by atoms with Crippen LogP contribution in [0.1, 0.15) is 44.8 Å². The standard InChI is InChI=1S/C32H32N6O5S/c1-3-20(17-36-18-23(34-35-36)19-43-38-30(39)26-6-4-5-7-27(26)31(38)40)21-11-13-37(32(41)44)24(14-21)15-22-10-12-33-29-9-8-25(42-2)16-28(22)29/h3-10,12,16,18,20-21,24H,1,11,13-15,17,19H2,2H3,(H,41,44). The van der Waals surface area contributed by atoms with E-state index >= 15 is 0 Å². The predicted octanol–water partition coefficient (Wildman–Crippen LogP) is 4.74. The zero-order chi connectivity index (χ0) is 30.8. The minimum absolute atomic E-state index is 0.0580. The van der Waals surface area contributed by atoms with E-state index in [0.717, 1.165) is 40.1 Å². The number of benzene rings is 2. The average molecular weight is 613 g/mol. The first-order valence-electron chi connectivity index (χ1n) is 14.4. The number of allylic oxidation sites excluding steroid dienone is 1. The van der Waals surface area contributed by atoms with Crippen molar-refractivity contribution < 1.29 is 24.0 Å². The number of amides is 3. The van der Waals surface area contributed by atoms with Gasteiger partial charge in [0.1, 0.15) is 18.1 Å². The molecule has 3 atom stereocenters. The van der Waals surface area contributed by atoms with Gasteiger partial charge in [-0.05, 0) is 73.1 Å². The van der Waals surface area contributed by atoms with E-state index in [-0.39, 0.29) is 29.7 Å². The fourth-order valence-electron chi connectivity index (χ4n) is 6.20. The van der Waals surface area contributed by atoms with Gasteiger partial charge in [0.05, 0.1) is 30.0 Å². The Hall–Kier alpha value is -4.55. The van der Waals surface area contributed by atoms with Crippen LogP contribution in [0.4, 0.5) is 4.79 Å². The van der Waals surface area contributed by atoms with Crippen LogP contribution in [0.2, 0.25) is 0 Å². The molecule has 6 rings (SSSR count). The summed E-state index contributed by atoms with van der Waals surface area (Å²) in [6.45, 7) is 5.14. The summed E-state index contributed by atoms with van der Waals surface area (Å²) in [5.74, 6) is 0.0684. The van der Waals surface area contributed by atoms with Gasteiger partial charge in [0, 0.05) is 30.7 Å². The average Bonchev–Trinajstić information content (AvgIpc) is 3.59. The number of carbonyl (C=O) groups excluding carboxylic acids is 3. The summed E-state index contributed by atoms with van der Waals surface area (Å²) in [4.78, 5) is 49.6. The summed E-state index contributed by atoms with van der Waals surface area (Å²) in [6.07, 6.45) is 7.69. The summed E-state index contributed by atoms with van der Waals surface area (Å²) in [5.41, 5.74) is 3.08. The van der Waals surface area contributed by atoms with Crippen molar-refractivity contribution in [2.45, 2.75) is 38.5 Å². The molecule has 1 saturated heterocycles. The lowest BCUT2D eigenvalue weighted by Crippen LogP contribution is -2.46. The van der Waals surface area contributed by atoms with Gasteiger partial charge in [0.25, 0.3) is 17.1 Å². The smallest absolute Gasteiger partial charge is 0.285 e. The molecule has 0 aliphatic carbocycles. The van der Waals surface area contributed by atoms with Crippen LogP contribution < -0.4 is 4.74 Å². The molecule has 11 nitrogen and oxygen atoms in total. The van der Waals surface area contributed by atoms with E-state index in [0.29, 0.717) is 36.3 Å². The minimum atomic E-state index is -0.496. The number of nitrogens with zero attached hydrogens (tertiary/aromatic N) is 6. The number of likely N-dealkylation sites (tertiary alicyclic amines) is 1. The number of hydrogen-bond donors (Lipinski definition) is 1. The monoisotopic (exact) mass is 612 g/mol. The number of aromatic nitrogens is 4. The molecule has 2 aromatic carbocycles. The van der Waals surface area contributed by atoms with Crippen molar-refractivity contribution in [3.8, 4) is 5.75 Å². The lowest BCUT2D eigenvalue weighted by atomic mass is 9.79. The van der Waals surface area contributed by atoms with E-state index in [4.69, 9.17) is 9.57 Å². The highest BCUT2D eigenvalue weighted by atomic mass is 32.1. The molecule has 0 bridgehead atoms. The number of hydroxylamine groups is 2. The Morgan fingerprint density at radius 3 is 2.64 bits per heavy atom. The van der Waals surface area contributed by atoms with Crippen LogP contribution in [0.5, 0.6) is 5.75 Å². The Labute approximate surface area is 259 Å². The normalized spacial score (nSPS) is 18.9. The van der Waals surface area contributed by atoms with Gasteiger partial charge in [-0.3, -0.25) is 28.9 Å². The van der Waals surface area contributed by atoms with Crippen LogP contribution in [0.25, 0.3) is 10.9 Å². The highest BCUT2D eigenvalue weighted by molar-refractivity contribution is 7.96. The number of imide groups is 1. The molecule has 2 aliphatic rings. The number of piperidine rings is 1. The number of hydrogen-bond acceptors (Lipinski definition) is 8. The molecule has 4 aromatic rings. The first-order valence-corrected chi connectivity index (χ1v) is 14.8. The number of fused-ring (bicyclic) bond motifs is 2. The van der Waals surface area contributed by atoms with Gasteiger partial charge in [-0.15, -0.1) is 16.7 Å². The highest BCUT2D eigenvalue weighted by Crippen LogP contribution is 2.34. The third-order valence-corrected chi connectivity index (χ3v) is 8.74. The van der Waals surface area contributed by atoms with E-state index in [1.807, 2.05) is 35.2 Å². The van der Waals surface area contributed by atoms with Crippen molar-refractivity contribution in [1.82, 2.24) is 29.9 Å². The van der Waals surface area contributed by atoms with E-state index < -0.39 is 11.8 Å². The lowest BCUT2D eigenvalue weighted by Gasteiger charge is -2.41. The zero-order valence-electron chi connectivity index (χ0n) is 24.2. The highest BCUT2D eigenvalue weighted by Gasteiger charge is 2.37. The molecule has 12 heteroatoms. The van der Waals surface area contributed by atoms with E-state index in [2.05, 4.69) is 34.5 Å². The maximum atomic E-state index is 12.6. The van der Waals surface area contributed by atoms with Crippen LogP contribution in [-0.2, 0) is 24.4 Å². The van der Waals surface area contributed by atoms with Gasteiger partial charge in [0.15, 0.2) is 0 Å². The molecule has 44 heavy (non-hydrogen) atoms. The third kappa shape index (κ3) is 5.82. The Morgan fingerprint density at radius 1 is 1.16 bits per heavy atom. The van der Waals surface area contributed by atoms with Gasteiger partial charge in [-0.25, -0.2) is 0 Å². The number of carbonyl (C=O) groups is 3. The number of pyridine rings is 1. The van der Waals surface area contributed by atoms with E-state index in [9.17, 15) is 14.4 Å². The maximum absolute atomic E-state index is 12.6. The molecule has 0 N–H and O–H groups in total. The minimum Gasteiger partial charge on any atom is -0.497 e. The molecule has 3 amide bonds. The predicted molar refractivity (Wildman–Crippen MR) is 165 cm³/mol. The molecule has 2 aliphatic heterocycles. The summed E-state index contributed by atoms with van der Waals surface area (Å²) < 4.78 is 7.17. The maximum Gasteiger partial charge on any atom is 0.285 e. The topological polar surface area (TPSA) is 120 Å². The fraction of sp³-hybridized carbons (Fsp3) is 0.312. The number of rotatable bonds is 10. The third-order valence-electron chi connectivity index (χ3n) is 8.49. The Kier molecular flexibility index (Phi) is 8.45. The molecule has 1 fully saturated rings.